The van der Waals surface area contributed by atoms with E-state index in [-0.39, 0.29) is 22.0 Å². The molecule has 0 saturated carbocycles. The van der Waals surface area contributed by atoms with Crippen LogP contribution < -0.4 is 4.31 Å². The molecule has 10 heteroatoms. The van der Waals surface area contributed by atoms with Crippen molar-refractivity contribution < 1.29 is 22.9 Å². The number of carbonyl (C=O) groups excluding carboxylic acids is 1. The van der Waals surface area contributed by atoms with Gasteiger partial charge in [-0.25, -0.2) is 8.42 Å². The zero-order valence-corrected chi connectivity index (χ0v) is 11.8. The number of hydrogen-bond acceptors (Lipinski definition) is 6. The molecular formula is C10H9ClN2O6S. The van der Waals surface area contributed by atoms with Crippen LogP contribution in [0.1, 0.15) is 5.56 Å². The van der Waals surface area contributed by atoms with Crippen LogP contribution in [0.2, 0.25) is 5.02 Å². The van der Waals surface area contributed by atoms with E-state index in [0.717, 1.165) is 17.5 Å². The van der Waals surface area contributed by atoms with Gasteiger partial charge in [-0.2, -0.15) is 0 Å². The monoisotopic (exact) mass is 320 g/mol. The molecule has 1 aliphatic heterocycles. The van der Waals surface area contributed by atoms with Crippen molar-refractivity contribution in [3.8, 4) is 0 Å². The molecule has 1 aliphatic rings. The second-order valence-corrected chi connectivity index (χ2v) is 6.29. The van der Waals surface area contributed by atoms with E-state index in [1.807, 2.05) is 0 Å². The molecule has 0 N–H and O–H groups in total. The topological polar surface area (TPSA) is 107 Å². The fourth-order valence-electron chi connectivity index (χ4n) is 1.94. The number of carbonyl (C=O) groups is 1. The third-order valence-electron chi connectivity index (χ3n) is 2.82. The van der Waals surface area contributed by atoms with Crippen molar-refractivity contribution in [1.29, 1.82) is 0 Å². The van der Waals surface area contributed by atoms with Crippen LogP contribution in [0, 0.1) is 10.1 Å². The first-order valence-corrected chi connectivity index (χ1v) is 7.29. The first-order valence-electron chi connectivity index (χ1n) is 5.31. The first kappa shape index (κ1) is 14.5. The highest BCUT2D eigenvalue weighted by Crippen LogP contribution is 2.43. The first-order chi connectivity index (χ1) is 9.27. The largest absolute Gasteiger partial charge is 0.468 e. The van der Waals surface area contributed by atoms with Gasteiger partial charge in [-0.1, -0.05) is 11.6 Å². The Balaban J connectivity index is 2.62. The number of nitro benzene ring substituents is 1. The summed E-state index contributed by atoms with van der Waals surface area (Å²) in [5, 5.41) is 10.9. The molecule has 0 saturated heterocycles. The molecule has 0 spiro atoms. The molecular weight excluding hydrogens is 312 g/mol. The van der Waals surface area contributed by atoms with Crippen molar-refractivity contribution in [3.63, 3.8) is 0 Å². The van der Waals surface area contributed by atoms with Crippen molar-refractivity contribution in [2.24, 2.45) is 0 Å². The standard InChI is InChI=1S/C10H9ClN2O6S/c1-19-9(14)4-12-10-6(5-20(12,17)18)8(13(15)16)3-2-7(10)11/h2-3H,4-5H2,1H3. The summed E-state index contributed by atoms with van der Waals surface area (Å²) in [4.78, 5) is 21.5. The minimum Gasteiger partial charge on any atom is -0.468 e. The van der Waals surface area contributed by atoms with E-state index in [9.17, 15) is 23.3 Å². The van der Waals surface area contributed by atoms with E-state index in [0.29, 0.717) is 0 Å². The maximum absolute atomic E-state index is 12.0. The Kier molecular flexibility index (Phi) is 3.57. The molecule has 1 heterocycles. The van der Waals surface area contributed by atoms with Gasteiger partial charge < -0.3 is 4.74 Å². The molecule has 0 atom stereocenters. The molecule has 8 nitrogen and oxygen atoms in total. The smallest absolute Gasteiger partial charge is 0.326 e. The number of esters is 1. The molecule has 0 radical (unpaired) electrons. The SMILES string of the molecule is COC(=O)CN1c2c(Cl)ccc([N+](=O)[O-])c2CS1(=O)=O. The van der Waals surface area contributed by atoms with Crippen LogP contribution in [-0.4, -0.2) is 33.0 Å². The Morgan fingerprint density at radius 2 is 2.20 bits per heavy atom. The number of benzene rings is 1. The van der Waals surface area contributed by atoms with Crippen LogP contribution >= 0.6 is 11.6 Å². The second kappa shape index (κ2) is 4.91. The zero-order valence-electron chi connectivity index (χ0n) is 10.2. The molecule has 0 amide bonds. The molecule has 2 rings (SSSR count). The van der Waals surface area contributed by atoms with Gasteiger partial charge >= 0.3 is 5.97 Å². The highest BCUT2D eigenvalue weighted by Gasteiger charge is 2.40. The van der Waals surface area contributed by atoms with Crippen LogP contribution in [0.25, 0.3) is 0 Å². The Morgan fingerprint density at radius 3 is 2.75 bits per heavy atom. The number of methoxy groups -OCH3 is 1. The van der Waals surface area contributed by atoms with Gasteiger partial charge in [0.2, 0.25) is 10.0 Å². The van der Waals surface area contributed by atoms with E-state index in [2.05, 4.69) is 4.74 Å². The lowest BCUT2D eigenvalue weighted by Crippen LogP contribution is -2.33. The summed E-state index contributed by atoms with van der Waals surface area (Å²) in [5.41, 5.74) is -0.405. The third kappa shape index (κ3) is 2.29. The van der Waals surface area contributed by atoms with Gasteiger partial charge in [0.25, 0.3) is 5.69 Å². The van der Waals surface area contributed by atoms with E-state index < -0.39 is 33.2 Å². The molecule has 0 bridgehead atoms. The number of nitro groups is 1. The molecule has 1 aromatic carbocycles. The average molecular weight is 321 g/mol. The number of halogens is 1. The summed E-state index contributed by atoms with van der Waals surface area (Å²) >= 11 is 5.91. The van der Waals surface area contributed by atoms with Gasteiger partial charge in [0, 0.05) is 6.07 Å². The minimum absolute atomic E-state index is 0.0218. The fraction of sp³-hybridized carbons (Fsp3) is 0.300. The third-order valence-corrected chi connectivity index (χ3v) is 4.76. The Hall–Kier alpha value is -1.87. The van der Waals surface area contributed by atoms with Crippen molar-refractivity contribution in [2.45, 2.75) is 5.75 Å². The quantitative estimate of drug-likeness (QED) is 0.468. The zero-order chi connectivity index (χ0) is 15.1. The average Bonchev–Trinajstić information content (AvgIpc) is 2.61. The normalized spacial score (nSPS) is 15.8. The molecule has 0 unspecified atom stereocenters. The van der Waals surface area contributed by atoms with Crippen molar-refractivity contribution >= 4 is 39.0 Å². The van der Waals surface area contributed by atoms with Gasteiger partial charge in [0.15, 0.2) is 0 Å². The number of sulfonamides is 1. The van der Waals surface area contributed by atoms with E-state index in [1.54, 1.807) is 0 Å². The van der Waals surface area contributed by atoms with Crippen LogP contribution in [0.5, 0.6) is 0 Å². The second-order valence-electron chi connectivity index (χ2n) is 3.99. The number of ether oxygens (including phenoxy) is 1. The lowest BCUT2D eigenvalue weighted by Gasteiger charge is -2.17. The Morgan fingerprint density at radius 1 is 1.55 bits per heavy atom. The number of fused-ring (bicyclic) bond motifs is 1. The highest BCUT2D eigenvalue weighted by molar-refractivity contribution is 7.92. The van der Waals surface area contributed by atoms with Crippen molar-refractivity contribution in [1.82, 2.24) is 0 Å². The predicted molar refractivity (Wildman–Crippen MR) is 70.1 cm³/mol. The molecule has 1 aromatic rings. The number of rotatable bonds is 3. The summed E-state index contributed by atoms with van der Waals surface area (Å²) in [5.74, 6) is -1.36. The Labute approximate surface area is 119 Å². The van der Waals surface area contributed by atoms with Crippen LogP contribution in [0.4, 0.5) is 11.4 Å². The fourth-order valence-corrected chi connectivity index (χ4v) is 3.86. The minimum atomic E-state index is -3.89. The highest BCUT2D eigenvalue weighted by atomic mass is 35.5. The van der Waals surface area contributed by atoms with Crippen molar-refractivity contribution in [2.75, 3.05) is 18.0 Å². The lowest BCUT2D eigenvalue weighted by atomic mass is 10.1. The summed E-state index contributed by atoms with van der Waals surface area (Å²) in [6, 6.07) is 2.36. The summed E-state index contributed by atoms with van der Waals surface area (Å²) in [6.45, 7) is -0.577. The summed E-state index contributed by atoms with van der Waals surface area (Å²) in [6.07, 6.45) is 0. The maximum atomic E-state index is 12.0. The maximum Gasteiger partial charge on any atom is 0.326 e. The number of nitrogens with zero attached hydrogens (tertiary/aromatic N) is 2. The van der Waals surface area contributed by atoms with E-state index in [4.69, 9.17) is 11.6 Å². The van der Waals surface area contributed by atoms with Crippen molar-refractivity contribution in [3.05, 3.63) is 32.8 Å². The molecule has 0 aliphatic carbocycles. The number of hydrogen-bond donors (Lipinski definition) is 0. The van der Waals surface area contributed by atoms with Crippen LogP contribution in [0.15, 0.2) is 12.1 Å². The molecule has 20 heavy (non-hydrogen) atoms. The van der Waals surface area contributed by atoms with Crippen LogP contribution in [0.3, 0.4) is 0 Å². The lowest BCUT2D eigenvalue weighted by molar-refractivity contribution is -0.385. The molecule has 0 fully saturated rings. The van der Waals surface area contributed by atoms with Gasteiger partial charge in [-0.05, 0) is 6.07 Å². The van der Waals surface area contributed by atoms with Gasteiger partial charge in [0.1, 0.15) is 12.3 Å². The van der Waals surface area contributed by atoms with Gasteiger partial charge in [-0.15, -0.1) is 0 Å². The number of anilines is 1. The molecule has 0 aromatic heterocycles. The van der Waals surface area contributed by atoms with E-state index >= 15 is 0 Å². The van der Waals surface area contributed by atoms with Gasteiger partial charge in [0.05, 0.1) is 28.3 Å². The van der Waals surface area contributed by atoms with Gasteiger partial charge in [-0.3, -0.25) is 19.2 Å². The summed E-state index contributed by atoms with van der Waals surface area (Å²) < 4.78 is 29.2. The predicted octanol–water partition coefficient (Wildman–Crippen LogP) is 1.07. The molecule has 108 valence electrons. The Bertz CT molecular complexity index is 702. The summed E-state index contributed by atoms with van der Waals surface area (Å²) in [7, 11) is -2.77. The van der Waals surface area contributed by atoms with E-state index in [1.165, 1.54) is 6.07 Å². The van der Waals surface area contributed by atoms with Crippen LogP contribution in [-0.2, 0) is 25.3 Å².